The van der Waals surface area contributed by atoms with Crippen LogP contribution in [0.3, 0.4) is 0 Å². The van der Waals surface area contributed by atoms with Gasteiger partial charge in [0, 0.05) is 21.1 Å². The van der Waals surface area contributed by atoms with Crippen molar-refractivity contribution >= 4 is 47.0 Å². The van der Waals surface area contributed by atoms with Crippen LogP contribution < -0.4 is 0 Å². The zero-order chi connectivity index (χ0) is 23.4. The van der Waals surface area contributed by atoms with E-state index < -0.39 is 23.9 Å². The Kier molecular flexibility index (Phi) is 29.8. The third-order valence-corrected chi connectivity index (χ3v) is 1.60. The minimum absolute atomic E-state index is 0. The van der Waals surface area contributed by atoms with E-state index in [4.69, 9.17) is 20.4 Å². The Hall–Kier alpha value is -2.75. The smallest absolute Gasteiger partial charge is 0.310 e. The molecule has 0 radical (unpaired) electrons. The molecule has 0 fully saturated rings. The molecule has 0 aromatic carbocycles. The molecule has 0 aliphatic heterocycles. The zero-order valence-corrected chi connectivity index (χ0v) is 18.3. The summed E-state index contributed by atoms with van der Waals surface area (Å²) < 4.78 is 0. The number of hydrogen-bond acceptors (Lipinski definition) is 8. The Morgan fingerprint density at radius 2 is 0.517 bits per heavy atom. The van der Waals surface area contributed by atoms with Crippen LogP contribution in [0.25, 0.3) is 0 Å². The molecule has 13 heteroatoms. The average molecular weight is 504 g/mol. The van der Waals surface area contributed by atoms with Crippen LogP contribution in [0.4, 0.5) is 0 Å². The van der Waals surface area contributed by atoms with Crippen LogP contribution >= 0.6 is 0 Å². The Labute approximate surface area is 180 Å². The Morgan fingerprint density at radius 3 is 0.517 bits per heavy atom. The van der Waals surface area contributed by atoms with E-state index in [1.165, 1.54) is 27.7 Å². The number of carboxylic acid groups (broad SMARTS) is 4. The van der Waals surface area contributed by atoms with Gasteiger partial charge in [-0.15, -0.1) is 0 Å². The second-order valence-corrected chi connectivity index (χ2v) is 5.09. The van der Waals surface area contributed by atoms with Crippen LogP contribution in [0.15, 0.2) is 0 Å². The molecule has 4 N–H and O–H groups in total. The Bertz CT molecular complexity index is 443. The first-order valence-electron chi connectivity index (χ1n) is 7.36. The molecule has 0 spiro atoms. The summed E-state index contributed by atoms with van der Waals surface area (Å²) in [6.45, 7) is 4.98. The number of Topliss-reactive ketones (excluding diaryl/α,β-unsaturated/α-hetero) is 4. The summed E-state index contributed by atoms with van der Waals surface area (Å²) in [5.41, 5.74) is 0. The van der Waals surface area contributed by atoms with Crippen molar-refractivity contribution < 1.29 is 79.8 Å². The molecule has 0 bridgehead atoms. The molecule has 0 aliphatic rings. The molecule has 0 atom stereocenters. The molecule has 0 aliphatic carbocycles. The van der Waals surface area contributed by atoms with Crippen LogP contribution in [-0.2, 0) is 59.4 Å². The standard InChI is InChI=1S/4C4H6O3.Mo/c4*1-3(5)2-4(6)7;/h4*2H2,1H3,(H,6,7);. The van der Waals surface area contributed by atoms with Crippen LogP contribution in [0.5, 0.6) is 0 Å². The van der Waals surface area contributed by atoms with E-state index in [1.54, 1.807) is 0 Å². The number of carboxylic acids is 4. The van der Waals surface area contributed by atoms with Crippen molar-refractivity contribution in [3.8, 4) is 0 Å². The van der Waals surface area contributed by atoms with Gasteiger partial charge in [-0.25, -0.2) is 0 Å². The summed E-state index contributed by atoms with van der Waals surface area (Å²) in [5, 5.41) is 31.5. The predicted octanol–water partition coefficient (Wildman–Crippen LogP) is 0.198. The SMILES string of the molecule is CC(=O)CC(=O)O.CC(=O)CC(=O)O.CC(=O)CC(=O)O.CC(=O)CC(=O)O.[Mo]. The van der Waals surface area contributed by atoms with Crippen LogP contribution in [0.2, 0.25) is 0 Å². The quantitative estimate of drug-likeness (QED) is 0.257. The van der Waals surface area contributed by atoms with Crippen LogP contribution in [-0.4, -0.2) is 67.4 Å². The minimum atomic E-state index is -1.06. The van der Waals surface area contributed by atoms with Crippen LogP contribution in [0.1, 0.15) is 53.4 Å². The number of ketones is 4. The molecule has 12 nitrogen and oxygen atoms in total. The maximum absolute atomic E-state index is 9.87. The Morgan fingerprint density at radius 1 is 0.414 bits per heavy atom. The van der Waals surface area contributed by atoms with E-state index in [0.29, 0.717) is 0 Å². The first kappa shape index (κ1) is 37.1. The summed E-state index contributed by atoms with van der Waals surface area (Å²) in [7, 11) is 0. The van der Waals surface area contributed by atoms with Gasteiger partial charge in [-0.05, 0) is 27.7 Å². The van der Waals surface area contributed by atoms with Crippen molar-refractivity contribution in [2.45, 2.75) is 53.4 Å². The van der Waals surface area contributed by atoms with E-state index in [-0.39, 0.29) is 69.9 Å². The first-order chi connectivity index (χ1) is 12.5. The van der Waals surface area contributed by atoms with Gasteiger partial charge in [0.25, 0.3) is 0 Å². The maximum atomic E-state index is 9.87. The Balaban J connectivity index is -0.0000000873. The number of aliphatic carboxylic acids is 4. The van der Waals surface area contributed by atoms with Gasteiger partial charge in [-0.2, -0.15) is 0 Å². The summed E-state index contributed by atoms with van der Waals surface area (Å²) in [5.74, 6) is -5.50. The largest absolute Gasteiger partial charge is 0.481 e. The van der Waals surface area contributed by atoms with Crippen molar-refractivity contribution in [1.29, 1.82) is 0 Å². The third kappa shape index (κ3) is 77.7. The second kappa shape index (κ2) is 23.3. The van der Waals surface area contributed by atoms with Gasteiger partial charge in [0.15, 0.2) is 0 Å². The van der Waals surface area contributed by atoms with E-state index in [1.807, 2.05) is 0 Å². The molecule has 0 heterocycles. The van der Waals surface area contributed by atoms with Crippen molar-refractivity contribution in [3.63, 3.8) is 0 Å². The molecule has 0 rings (SSSR count). The maximum Gasteiger partial charge on any atom is 0.310 e. The second-order valence-electron chi connectivity index (χ2n) is 5.09. The zero-order valence-electron chi connectivity index (χ0n) is 16.3. The molecule has 0 aromatic rings. The van der Waals surface area contributed by atoms with E-state index >= 15 is 0 Å². The minimum Gasteiger partial charge on any atom is -0.481 e. The summed E-state index contributed by atoms with van der Waals surface area (Å²) in [4.78, 5) is 77.8. The van der Waals surface area contributed by atoms with Gasteiger partial charge >= 0.3 is 23.9 Å². The fourth-order valence-corrected chi connectivity index (χ4v) is 0.852. The number of carbonyl (C=O) groups excluding carboxylic acids is 4. The molecular weight excluding hydrogens is 480 g/mol. The van der Waals surface area contributed by atoms with Crippen molar-refractivity contribution in [2.24, 2.45) is 0 Å². The topological polar surface area (TPSA) is 217 Å². The van der Waals surface area contributed by atoms with Crippen molar-refractivity contribution in [3.05, 3.63) is 0 Å². The van der Waals surface area contributed by atoms with Gasteiger partial charge in [0.05, 0.1) is 0 Å². The molecule has 29 heavy (non-hydrogen) atoms. The fourth-order valence-electron chi connectivity index (χ4n) is 0.852. The normalized spacial score (nSPS) is 7.86. The van der Waals surface area contributed by atoms with Gasteiger partial charge in [0.1, 0.15) is 48.8 Å². The number of rotatable bonds is 8. The molecule has 0 unspecified atom stereocenters. The number of carbonyl (C=O) groups is 8. The molecule has 0 saturated heterocycles. The summed E-state index contributed by atoms with van der Waals surface area (Å²) >= 11 is 0. The third-order valence-electron chi connectivity index (χ3n) is 1.60. The summed E-state index contributed by atoms with van der Waals surface area (Å²) in [6, 6.07) is 0. The predicted molar refractivity (Wildman–Crippen MR) is 91.7 cm³/mol. The van der Waals surface area contributed by atoms with Crippen molar-refractivity contribution in [1.82, 2.24) is 0 Å². The van der Waals surface area contributed by atoms with Crippen LogP contribution in [0, 0.1) is 0 Å². The summed E-state index contributed by atoms with van der Waals surface area (Å²) in [6.07, 6.45) is -1.44. The molecule has 0 aromatic heterocycles. The van der Waals surface area contributed by atoms with Gasteiger partial charge in [-0.3, -0.25) is 38.4 Å². The molecule has 0 saturated carbocycles. The molecule has 0 amide bonds. The monoisotopic (exact) mass is 506 g/mol. The molecule has 166 valence electrons. The van der Waals surface area contributed by atoms with Gasteiger partial charge in [0.2, 0.25) is 0 Å². The van der Waals surface area contributed by atoms with Gasteiger partial charge in [-0.1, -0.05) is 0 Å². The van der Waals surface area contributed by atoms with Crippen molar-refractivity contribution in [2.75, 3.05) is 0 Å². The fraction of sp³-hybridized carbons (Fsp3) is 0.500. The van der Waals surface area contributed by atoms with Gasteiger partial charge < -0.3 is 20.4 Å². The number of hydrogen-bond donors (Lipinski definition) is 4. The van der Waals surface area contributed by atoms with E-state index in [0.717, 1.165) is 0 Å². The average Bonchev–Trinajstić information content (AvgIpc) is 2.32. The van der Waals surface area contributed by atoms with E-state index in [2.05, 4.69) is 0 Å². The first-order valence-corrected chi connectivity index (χ1v) is 7.36. The molecular formula is C16H24MoO12. The van der Waals surface area contributed by atoms with E-state index in [9.17, 15) is 38.4 Å².